The third kappa shape index (κ3) is 5.84. The number of nitrogens with one attached hydrogen (secondary N) is 1. The highest BCUT2D eigenvalue weighted by Crippen LogP contribution is 2.23. The summed E-state index contributed by atoms with van der Waals surface area (Å²) >= 11 is 7.04. The van der Waals surface area contributed by atoms with Gasteiger partial charge in [0.2, 0.25) is 5.91 Å². The van der Waals surface area contributed by atoms with E-state index in [4.69, 9.17) is 16.3 Å². The summed E-state index contributed by atoms with van der Waals surface area (Å²) in [6, 6.07) is 11.7. The second-order valence-electron chi connectivity index (χ2n) is 6.37. The SMILES string of the molecule is C=CCn1c(COc2ccc(F)c(Cl)c2)nnc1SCC(=O)Nc1ccc(C)cc1. The molecule has 0 aliphatic heterocycles. The van der Waals surface area contributed by atoms with Gasteiger partial charge in [-0.3, -0.25) is 9.36 Å². The van der Waals surface area contributed by atoms with E-state index in [1.165, 1.54) is 30.0 Å². The number of ether oxygens (including phenoxy) is 1. The molecule has 0 spiro atoms. The molecule has 0 radical (unpaired) electrons. The quantitative estimate of drug-likeness (QED) is 0.375. The van der Waals surface area contributed by atoms with Crippen molar-refractivity contribution in [3.63, 3.8) is 0 Å². The van der Waals surface area contributed by atoms with E-state index >= 15 is 0 Å². The summed E-state index contributed by atoms with van der Waals surface area (Å²) in [5.41, 5.74) is 1.86. The first-order chi connectivity index (χ1) is 14.5. The van der Waals surface area contributed by atoms with Crippen molar-refractivity contribution in [2.75, 3.05) is 11.1 Å². The zero-order valence-corrected chi connectivity index (χ0v) is 17.8. The van der Waals surface area contributed by atoms with Crippen LogP contribution >= 0.6 is 23.4 Å². The molecule has 156 valence electrons. The van der Waals surface area contributed by atoms with Crippen molar-refractivity contribution in [3.05, 3.63) is 77.3 Å². The van der Waals surface area contributed by atoms with Gasteiger partial charge in [0.25, 0.3) is 0 Å². The van der Waals surface area contributed by atoms with E-state index in [-0.39, 0.29) is 23.3 Å². The molecule has 6 nitrogen and oxygen atoms in total. The average molecular weight is 447 g/mol. The molecule has 0 aliphatic carbocycles. The van der Waals surface area contributed by atoms with Crippen LogP contribution in [0.15, 0.2) is 60.3 Å². The largest absolute Gasteiger partial charge is 0.486 e. The van der Waals surface area contributed by atoms with E-state index in [0.717, 1.165) is 11.3 Å². The lowest BCUT2D eigenvalue weighted by Gasteiger charge is -2.10. The zero-order chi connectivity index (χ0) is 21.5. The molecule has 0 aliphatic rings. The normalized spacial score (nSPS) is 10.6. The smallest absolute Gasteiger partial charge is 0.234 e. The van der Waals surface area contributed by atoms with Crippen molar-refractivity contribution in [1.82, 2.24) is 14.8 Å². The highest BCUT2D eigenvalue weighted by atomic mass is 35.5. The summed E-state index contributed by atoms with van der Waals surface area (Å²) in [5, 5.41) is 11.7. The predicted octanol–water partition coefficient (Wildman–Crippen LogP) is 4.87. The lowest BCUT2D eigenvalue weighted by atomic mass is 10.2. The van der Waals surface area contributed by atoms with Gasteiger partial charge in [-0.2, -0.15) is 0 Å². The van der Waals surface area contributed by atoms with Crippen LogP contribution in [0.1, 0.15) is 11.4 Å². The Morgan fingerprint density at radius 3 is 2.77 bits per heavy atom. The fourth-order valence-electron chi connectivity index (χ4n) is 2.52. The maximum Gasteiger partial charge on any atom is 0.234 e. The number of benzene rings is 2. The molecule has 1 aromatic heterocycles. The number of aryl methyl sites for hydroxylation is 1. The molecule has 0 unspecified atom stereocenters. The Labute approximate surface area is 183 Å². The van der Waals surface area contributed by atoms with E-state index in [9.17, 15) is 9.18 Å². The van der Waals surface area contributed by atoms with Crippen LogP contribution in [0.5, 0.6) is 5.75 Å². The molecule has 30 heavy (non-hydrogen) atoms. The summed E-state index contributed by atoms with van der Waals surface area (Å²) < 4.78 is 20.7. The fraction of sp³-hybridized carbons (Fsp3) is 0.190. The van der Waals surface area contributed by atoms with Gasteiger partial charge in [-0.25, -0.2) is 4.39 Å². The number of carbonyl (C=O) groups is 1. The fourth-order valence-corrected chi connectivity index (χ4v) is 3.46. The molecule has 0 bridgehead atoms. The van der Waals surface area contributed by atoms with Crippen molar-refractivity contribution in [1.29, 1.82) is 0 Å². The first-order valence-electron chi connectivity index (χ1n) is 9.06. The standard InChI is InChI=1S/C21H20ClFN4O2S/c1-3-10-27-19(12-29-16-8-9-18(23)17(22)11-16)25-26-21(27)30-13-20(28)24-15-6-4-14(2)5-7-15/h3-9,11H,1,10,12-13H2,2H3,(H,24,28). The number of anilines is 1. The maximum absolute atomic E-state index is 13.3. The van der Waals surface area contributed by atoms with Gasteiger partial charge in [0.15, 0.2) is 11.0 Å². The van der Waals surface area contributed by atoms with Crippen molar-refractivity contribution < 1.29 is 13.9 Å². The summed E-state index contributed by atoms with van der Waals surface area (Å²) in [6.45, 7) is 6.30. The number of carbonyl (C=O) groups excluding carboxylic acids is 1. The van der Waals surface area contributed by atoms with Crippen LogP contribution in [0, 0.1) is 12.7 Å². The van der Waals surface area contributed by atoms with Gasteiger partial charge in [-0.05, 0) is 31.2 Å². The second-order valence-corrected chi connectivity index (χ2v) is 7.72. The topological polar surface area (TPSA) is 69.0 Å². The Morgan fingerprint density at radius 2 is 2.07 bits per heavy atom. The molecule has 1 heterocycles. The number of allylic oxidation sites excluding steroid dienone is 1. The monoisotopic (exact) mass is 446 g/mol. The summed E-state index contributed by atoms with van der Waals surface area (Å²) in [6.07, 6.45) is 1.71. The molecule has 0 atom stereocenters. The molecular weight excluding hydrogens is 427 g/mol. The van der Waals surface area contributed by atoms with E-state index in [1.807, 2.05) is 35.8 Å². The first kappa shape index (κ1) is 21.9. The Hall–Kier alpha value is -2.84. The predicted molar refractivity (Wildman–Crippen MR) is 116 cm³/mol. The van der Waals surface area contributed by atoms with Crippen LogP contribution in [-0.4, -0.2) is 26.4 Å². The van der Waals surface area contributed by atoms with Crippen LogP contribution in [0.2, 0.25) is 5.02 Å². The van der Waals surface area contributed by atoms with Crippen LogP contribution in [0.4, 0.5) is 10.1 Å². The Kier molecular flexibility index (Phi) is 7.48. The Bertz CT molecular complexity index is 1040. The van der Waals surface area contributed by atoms with E-state index < -0.39 is 5.82 Å². The number of thioether (sulfide) groups is 1. The summed E-state index contributed by atoms with van der Waals surface area (Å²) in [4.78, 5) is 12.2. The van der Waals surface area contributed by atoms with Crippen molar-refractivity contribution >= 4 is 35.0 Å². The zero-order valence-electron chi connectivity index (χ0n) is 16.3. The minimum absolute atomic E-state index is 0.0177. The van der Waals surface area contributed by atoms with E-state index in [0.29, 0.717) is 23.3 Å². The second kappa shape index (κ2) is 10.3. The van der Waals surface area contributed by atoms with Gasteiger partial charge < -0.3 is 10.1 Å². The molecule has 3 aromatic rings. The Morgan fingerprint density at radius 1 is 1.30 bits per heavy atom. The molecule has 9 heteroatoms. The lowest BCUT2D eigenvalue weighted by molar-refractivity contribution is -0.113. The lowest BCUT2D eigenvalue weighted by Crippen LogP contribution is -2.15. The molecule has 1 N–H and O–H groups in total. The minimum atomic E-state index is -0.513. The molecule has 3 rings (SSSR count). The van der Waals surface area contributed by atoms with Gasteiger partial charge in [-0.1, -0.05) is 47.1 Å². The van der Waals surface area contributed by atoms with Crippen LogP contribution in [0.25, 0.3) is 0 Å². The molecule has 1 amide bonds. The minimum Gasteiger partial charge on any atom is -0.486 e. The molecule has 2 aromatic carbocycles. The molecule has 0 fully saturated rings. The van der Waals surface area contributed by atoms with Gasteiger partial charge in [0.1, 0.15) is 18.2 Å². The third-order valence-corrected chi connectivity index (χ3v) is 5.29. The highest BCUT2D eigenvalue weighted by Gasteiger charge is 2.14. The van der Waals surface area contributed by atoms with Crippen LogP contribution in [-0.2, 0) is 17.9 Å². The number of hydrogen-bond donors (Lipinski definition) is 1. The van der Waals surface area contributed by atoms with Gasteiger partial charge >= 0.3 is 0 Å². The maximum atomic E-state index is 13.3. The van der Waals surface area contributed by atoms with E-state index in [2.05, 4.69) is 22.1 Å². The van der Waals surface area contributed by atoms with Crippen molar-refractivity contribution in [3.8, 4) is 5.75 Å². The molecule has 0 saturated carbocycles. The van der Waals surface area contributed by atoms with Gasteiger partial charge in [-0.15, -0.1) is 16.8 Å². The van der Waals surface area contributed by atoms with Crippen LogP contribution < -0.4 is 10.1 Å². The number of amides is 1. The van der Waals surface area contributed by atoms with Crippen molar-refractivity contribution in [2.24, 2.45) is 0 Å². The number of nitrogens with zero attached hydrogens (tertiary/aromatic N) is 3. The van der Waals surface area contributed by atoms with E-state index in [1.54, 1.807) is 6.08 Å². The van der Waals surface area contributed by atoms with Crippen LogP contribution in [0.3, 0.4) is 0 Å². The number of hydrogen-bond acceptors (Lipinski definition) is 5. The highest BCUT2D eigenvalue weighted by molar-refractivity contribution is 7.99. The molecular formula is C21H20ClFN4O2S. The van der Waals surface area contributed by atoms with Crippen molar-refractivity contribution in [2.45, 2.75) is 25.2 Å². The van der Waals surface area contributed by atoms with Gasteiger partial charge in [0, 0.05) is 18.3 Å². The molecule has 0 saturated heterocycles. The Balaban J connectivity index is 1.61. The van der Waals surface area contributed by atoms with Gasteiger partial charge in [0.05, 0.1) is 10.8 Å². The number of rotatable bonds is 9. The average Bonchev–Trinajstić information content (AvgIpc) is 3.11. The summed E-state index contributed by atoms with van der Waals surface area (Å²) in [7, 11) is 0. The summed E-state index contributed by atoms with van der Waals surface area (Å²) in [5.74, 6) is 0.493. The third-order valence-electron chi connectivity index (χ3n) is 4.03. The number of aromatic nitrogens is 3. The first-order valence-corrected chi connectivity index (χ1v) is 10.4. The number of halogens is 2.